The van der Waals surface area contributed by atoms with Gasteiger partial charge in [0.1, 0.15) is 55.3 Å². The number of carbonyl (C=O) groups excluding carboxylic acids is 6. The fraction of sp³-hybridized carbons (Fsp3) is 0.478. The maximum atomic E-state index is 14.3. The third-order valence-electron chi connectivity index (χ3n) is 13.5. The zero-order valence-corrected chi connectivity index (χ0v) is 47.7. The van der Waals surface area contributed by atoms with Crippen molar-refractivity contribution in [3.8, 4) is 0 Å². The van der Waals surface area contributed by atoms with Gasteiger partial charge in [0.2, 0.25) is 29.6 Å². The minimum Gasteiger partial charge on any atom is -0.445 e. The minimum absolute atomic E-state index is 0.0984. The van der Waals surface area contributed by atoms with Crippen molar-refractivity contribution in [2.75, 3.05) is 36.5 Å². The highest BCUT2D eigenvalue weighted by Crippen LogP contribution is 2.60. The molecule has 446 valence electrons. The maximum absolute atomic E-state index is 14.3. The number of aromatic nitrogens is 8. The predicted octanol–water partition coefficient (Wildman–Crippen LogP) is 0.830. The van der Waals surface area contributed by atoms with Gasteiger partial charge in [0.05, 0.1) is 25.9 Å². The summed E-state index contributed by atoms with van der Waals surface area (Å²) in [6.07, 6.45) is -5.51. The summed E-state index contributed by atoms with van der Waals surface area (Å²) in [7, 11) is 0. The zero-order chi connectivity index (χ0) is 59.7. The van der Waals surface area contributed by atoms with Crippen LogP contribution in [0.15, 0.2) is 58.7 Å². The SMILES string of the molecule is CC(C)[C@H](NC(=O)CCCCCN1C(=O)C=CC1=O)C(=O)N[C@@H](C)C(=O)Nc1ccc(COC(=O)NC2C3OP(=O)(S)OC[C@H]4O[C@@H](n5cnc6c(=O)[nH]c(N)nc65)C(O)C4OP(=O)(S)OC[C@H]3O[C@H]2n2cnc3c(=O)[nH]c(N)nc32)cc1. The normalized spacial score (nSPS) is 27.1. The van der Waals surface area contributed by atoms with Crippen LogP contribution in [0, 0.1) is 5.92 Å². The monoisotopic (exact) mass is 1230 g/mol. The quantitative estimate of drug-likeness (QED) is 0.0266. The standard InChI is InChI=1S/C46H57N15O18P2S2/c1-20(2)29(53-26(62)7-5-4-6-14-59-27(63)12-13-28(59)64)39(67)51-21(3)38(66)52-23-10-8-22(9-11-23)15-73-46(70)54-30-34-24(76-42(30)60-18-49-31-36(60)55-44(47)57-40(31)68)16-74-81(72,83)79-35-25(17-75-80(71,82)78-34)77-43(33(35)65)61-19-50-32-37(61)56-45(48)58-41(32)69/h8-13,18-21,24-25,29-30,33-35,42-43,65H,4-7,14-17H2,1-3H3,(H,51,67)(H,52,66)(H,53,62)(H,54,70)(H,71,82)(H,72,83)(H3,47,55,57,68)(H3,48,56,58,69)/t21-,24+,25+,29-,30?,33?,34?,35?,42+,43+,80?,81?/m0/s1. The summed E-state index contributed by atoms with van der Waals surface area (Å²) < 4.78 is 71.8. The molecule has 9 rings (SSSR count). The largest absolute Gasteiger partial charge is 0.445 e. The Labute approximate surface area is 479 Å². The number of H-pyrrole nitrogens is 2. The number of imide groups is 1. The first kappa shape index (κ1) is 60.5. The summed E-state index contributed by atoms with van der Waals surface area (Å²) in [4.78, 5) is 124. The van der Waals surface area contributed by atoms with E-state index in [0.717, 1.165) is 17.6 Å². The minimum atomic E-state index is -4.64. The maximum Gasteiger partial charge on any atom is 0.407 e. The average Bonchev–Trinajstić information content (AvgIpc) is 3.74. The summed E-state index contributed by atoms with van der Waals surface area (Å²) in [5.41, 5.74) is 10.4. The number of hydrogen-bond donors (Lipinski definition) is 11. The van der Waals surface area contributed by atoms with Crippen LogP contribution < -0.4 is 43.9 Å². The van der Waals surface area contributed by atoms with Crippen molar-refractivity contribution >= 4 is 114 Å². The zero-order valence-electron chi connectivity index (χ0n) is 44.1. The van der Waals surface area contributed by atoms with Gasteiger partial charge in [-0.25, -0.2) is 23.9 Å². The Hall–Kier alpha value is -7.04. The van der Waals surface area contributed by atoms with Crippen molar-refractivity contribution in [2.45, 2.75) is 114 Å². The first-order chi connectivity index (χ1) is 39.3. The number of hydrogen-bond acceptors (Lipinski definition) is 24. The lowest BCUT2D eigenvalue weighted by molar-refractivity contribution is -0.137. The molecule has 6 unspecified atom stereocenters. The molecule has 4 aromatic heterocycles. The van der Waals surface area contributed by atoms with E-state index in [9.17, 15) is 52.6 Å². The molecule has 0 aliphatic carbocycles. The summed E-state index contributed by atoms with van der Waals surface area (Å²) >= 11 is 8.37. The molecule has 0 bridgehead atoms. The van der Waals surface area contributed by atoms with Crippen LogP contribution in [0.4, 0.5) is 22.4 Å². The smallest absolute Gasteiger partial charge is 0.407 e. The Morgan fingerprint density at radius 2 is 1.34 bits per heavy atom. The van der Waals surface area contributed by atoms with E-state index in [-0.39, 0.29) is 77.4 Å². The van der Waals surface area contributed by atoms with E-state index in [2.05, 4.69) is 75.7 Å². The number of nitrogens with zero attached hydrogens (tertiary/aromatic N) is 7. The van der Waals surface area contributed by atoms with Gasteiger partial charge in [-0.3, -0.25) is 75.7 Å². The molecule has 4 aliphatic heterocycles. The molecule has 5 aromatic rings. The van der Waals surface area contributed by atoms with E-state index in [4.69, 9.17) is 43.8 Å². The molecule has 4 aliphatic rings. The number of aromatic amines is 2. The third kappa shape index (κ3) is 14.0. The lowest BCUT2D eigenvalue weighted by atomic mass is 10.0. The second-order valence-corrected chi connectivity index (χ2v) is 25.5. The molecule has 8 heterocycles. The number of aliphatic hydroxyl groups excluding tert-OH is 1. The number of thiol groups is 2. The van der Waals surface area contributed by atoms with Crippen molar-refractivity contribution in [3.63, 3.8) is 0 Å². The second-order valence-electron chi connectivity index (χ2n) is 19.8. The number of amides is 6. The van der Waals surface area contributed by atoms with Crippen molar-refractivity contribution in [3.05, 3.63) is 75.3 Å². The molecule has 0 radical (unpaired) electrons. The highest BCUT2D eigenvalue weighted by molar-refractivity contribution is 8.44. The molecule has 12 atom stereocenters. The molecule has 3 saturated heterocycles. The fourth-order valence-electron chi connectivity index (χ4n) is 9.36. The Bertz CT molecular complexity index is 3560. The van der Waals surface area contributed by atoms with Crippen LogP contribution >= 0.6 is 38.1 Å². The predicted molar refractivity (Wildman–Crippen MR) is 295 cm³/mol. The third-order valence-corrected chi connectivity index (χ3v) is 16.7. The Kier molecular flexibility index (Phi) is 18.3. The van der Waals surface area contributed by atoms with Crippen molar-refractivity contribution in [2.24, 2.45) is 5.92 Å². The topological polar surface area (TPSA) is 452 Å². The number of benzene rings is 1. The van der Waals surface area contributed by atoms with E-state index in [1.54, 1.807) is 13.8 Å². The molecule has 0 spiro atoms. The van der Waals surface area contributed by atoms with Crippen LogP contribution in [0.3, 0.4) is 0 Å². The van der Waals surface area contributed by atoms with E-state index in [1.165, 1.54) is 52.5 Å². The van der Waals surface area contributed by atoms with Crippen LogP contribution in [0.1, 0.15) is 64.5 Å². The first-order valence-corrected chi connectivity index (χ1v) is 31.0. The Balaban J connectivity index is 0.835. The number of nitrogen functional groups attached to an aromatic ring is 2. The lowest BCUT2D eigenvalue weighted by Gasteiger charge is -2.30. The van der Waals surface area contributed by atoms with Gasteiger partial charge in [-0.05, 0) is 43.4 Å². The number of nitrogens with one attached hydrogen (secondary N) is 6. The van der Waals surface area contributed by atoms with Gasteiger partial charge in [0, 0.05) is 30.8 Å². The molecule has 83 heavy (non-hydrogen) atoms. The van der Waals surface area contributed by atoms with E-state index < -0.39 is 117 Å². The number of rotatable bonds is 17. The van der Waals surface area contributed by atoms with Gasteiger partial charge in [-0.15, -0.1) is 0 Å². The molecule has 3 fully saturated rings. The Morgan fingerprint density at radius 3 is 1.93 bits per heavy atom. The highest BCUT2D eigenvalue weighted by Gasteiger charge is 2.54. The molecule has 6 amide bonds. The van der Waals surface area contributed by atoms with Crippen molar-refractivity contribution < 1.29 is 75.3 Å². The summed E-state index contributed by atoms with van der Waals surface area (Å²) in [5.74, 6) is -3.24. The van der Waals surface area contributed by atoms with Gasteiger partial charge in [-0.1, -0.05) is 56.9 Å². The number of anilines is 3. The number of unbranched alkanes of at least 4 members (excludes halogenated alkanes) is 2. The van der Waals surface area contributed by atoms with Crippen LogP contribution in [0.2, 0.25) is 0 Å². The van der Waals surface area contributed by atoms with Crippen LogP contribution in [0.5, 0.6) is 0 Å². The molecule has 33 nitrogen and oxygen atoms in total. The van der Waals surface area contributed by atoms with Gasteiger partial charge in [-0.2, -0.15) is 9.97 Å². The van der Waals surface area contributed by atoms with Gasteiger partial charge >= 0.3 is 19.7 Å². The van der Waals surface area contributed by atoms with E-state index in [0.29, 0.717) is 30.5 Å². The number of nitrogens with two attached hydrogens (primary N) is 2. The summed E-state index contributed by atoms with van der Waals surface area (Å²) in [6, 6.07) is 2.59. The summed E-state index contributed by atoms with van der Waals surface area (Å²) in [6.45, 7) is -5.88. The number of fused-ring (bicyclic) bond motifs is 4. The van der Waals surface area contributed by atoms with Crippen LogP contribution in [0.25, 0.3) is 22.3 Å². The second kappa shape index (κ2) is 25.0. The highest BCUT2D eigenvalue weighted by atomic mass is 32.7. The van der Waals surface area contributed by atoms with Crippen LogP contribution in [-0.2, 0) is 72.0 Å². The summed E-state index contributed by atoms with van der Waals surface area (Å²) in [5, 5.41) is 22.2. The fourth-order valence-corrected chi connectivity index (χ4v) is 12.4. The number of imidazole rings is 2. The van der Waals surface area contributed by atoms with Crippen molar-refractivity contribution in [1.29, 1.82) is 0 Å². The van der Waals surface area contributed by atoms with E-state index >= 15 is 0 Å². The van der Waals surface area contributed by atoms with Gasteiger partial charge in [0.15, 0.2) is 34.8 Å². The Morgan fingerprint density at radius 1 is 0.783 bits per heavy atom. The van der Waals surface area contributed by atoms with Crippen LogP contribution in [-0.4, -0.2) is 153 Å². The molecular weight excluding hydrogens is 1180 g/mol. The lowest BCUT2D eigenvalue weighted by Crippen LogP contribution is -2.53. The average molecular weight is 1230 g/mol. The number of ether oxygens (including phenoxy) is 3. The van der Waals surface area contributed by atoms with Crippen molar-refractivity contribution in [1.82, 2.24) is 59.9 Å². The molecular formula is C46H57N15O18P2S2. The molecule has 37 heteroatoms. The van der Waals surface area contributed by atoms with E-state index in [1.807, 2.05) is 0 Å². The number of alkyl carbamates (subject to hydrolysis) is 1. The van der Waals surface area contributed by atoms with Gasteiger partial charge in [0.25, 0.3) is 22.9 Å². The van der Waals surface area contributed by atoms with Gasteiger partial charge < -0.3 is 52.1 Å². The number of carbonyl (C=O) groups is 6. The number of aliphatic hydroxyl groups is 1. The molecule has 11 N–H and O–H groups in total. The first-order valence-electron chi connectivity index (χ1n) is 25.6. The molecule has 0 saturated carbocycles. The molecule has 1 aromatic carbocycles.